The van der Waals surface area contributed by atoms with Gasteiger partial charge in [-0.25, -0.2) is 13.6 Å². The largest absolute Gasteiger partial charge is 0.228 e. The molecule has 0 aromatic rings. The predicted molar refractivity (Wildman–Crippen MR) is 32.9 cm³/mol. The highest BCUT2D eigenvalue weighted by atomic mass is 32.2. The Kier molecular flexibility index (Phi) is 2.43. The fraction of sp³-hybridized carbons (Fsp3) is 1.00. The van der Waals surface area contributed by atoms with Gasteiger partial charge in [-0.3, -0.25) is 0 Å². The van der Waals surface area contributed by atoms with Gasteiger partial charge in [0.15, 0.2) is 0 Å². The highest BCUT2D eigenvalue weighted by Gasteiger charge is 2.11. The third-order valence-electron chi connectivity index (χ3n) is 1.14. The molecule has 0 amide bonds. The first kappa shape index (κ1) is 7.91. The molecule has 0 bridgehead atoms. The third-order valence-corrected chi connectivity index (χ3v) is 2.59. The van der Waals surface area contributed by atoms with Crippen LogP contribution >= 0.6 is 0 Å². The Morgan fingerprint density at radius 2 is 2.00 bits per heavy atom. The molecule has 0 heterocycles. The Labute approximate surface area is 49.9 Å². The molecule has 0 fully saturated rings. The van der Waals surface area contributed by atoms with Gasteiger partial charge in [0, 0.05) is 0 Å². The molecule has 0 aromatic heterocycles. The minimum absolute atomic E-state index is 0.400. The molecule has 0 radical (unpaired) electrons. The third kappa shape index (κ3) is 2.28. The summed E-state index contributed by atoms with van der Waals surface area (Å²) in [7, 11) is -3.25. The van der Waals surface area contributed by atoms with Gasteiger partial charge < -0.3 is 0 Å². The number of hydrogen-bond acceptors (Lipinski definition) is 2. The van der Waals surface area contributed by atoms with E-state index in [1.165, 1.54) is 0 Å². The van der Waals surface area contributed by atoms with Crippen LogP contribution in [0.4, 0.5) is 0 Å². The lowest BCUT2D eigenvalue weighted by molar-refractivity contribution is 0.583. The smallest absolute Gasteiger partial charge is 0.211 e. The zero-order chi connectivity index (χ0) is 6.78. The van der Waals surface area contributed by atoms with Crippen molar-refractivity contribution in [1.29, 1.82) is 0 Å². The normalized spacial score (nSPS) is 15.9. The molecule has 0 saturated heterocycles. The van der Waals surface area contributed by atoms with Crippen LogP contribution < -0.4 is 5.14 Å². The molecule has 50 valence electrons. The van der Waals surface area contributed by atoms with Crippen molar-refractivity contribution in [3.8, 4) is 0 Å². The Bertz CT molecular complexity index is 149. The number of sulfonamides is 1. The molecule has 2 N–H and O–H groups in total. The van der Waals surface area contributed by atoms with Gasteiger partial charge in [0.2, 0.25) is 10.0 Å². The summed E-state index contributed by atoms with van der Waals surface area (Å²) >= 11 is 0. The molecule has 4 heteroatoms. The van der Waals surface area contributed by atoms with Crippen molar-refractivity contribution in [2.24, 2.45) is 5.14 Å². The molecule has 8 heavy (non-hydrogen) atoms. The maximum absolute atomic E-state index is 10.3. The topological polar surface area (TPSA) is 60.2 Å². The Balaban J connectivity index is 4.04. The van der Waals surface area contributed by atoms with E-state index >= 15 is 0 Å². The van der Waals surface area contributed by atoms with Crippen LogP contribution in [0, 0.1) is 0 Å². The minimum Gasteiger partial charge on any atom is -0.228 e. The number of hydrogen-bond donors (Lipinski definition) is 1. The molecule has 1 atom stereocenters. The van der Waals surface area contributed by atoms with Crippen LogP contribution in [0.2, 0.25) is 0 Å². The van der Waals surface area contributed by atoms with E-state index in [0.29, 0.717) is 6.42 Å². The summed E-state index contributed by atoms with van der Waals surface area (Å²) in [5.74, 6) is 0. The van der Waals surface area contributed by atoms with Gasteiger partial charge in [-0.15, -0.1) is 0 Å². The van der Waals surface area contributed by atoms with Gasteiger partial charge >= 0.3 is 0 Å². The number of nitrogens with two attached hydrogens (primary N) is 1. The average Bonchev–Trinajstić information content (AvgIpc) is 1.62. The molecule has 0 saturated carbocycles. The van der Waals surface area contributed by atoms with E-state index in [-0.39, 0.29) is 0 Å². The van der Waals surface area contributed by atoms with Gasteiger partial charge in [0.25, 0.3) is 0 Å². The van der Waals surface area contributed by atoms with Crippen LogP contribution in [-0.4, -0.2) is 13.7 Å². The fourth-order valence-corrected chi connectivity index (χ4v) is 0.697. The first-order valence-electron chi connectivity index (χ1n) is 2.50. The summed E-state index contributed by atoms with van der Waals surface area (Å²) in [4.78, 5) is 0. The van der Waals surface area contributed by atoms with Gasteiger partial charge in [0.05, 0.1) is 5.25 Å². The van der Waals surface area contributed by atoms with Gasteiger partial charge in [0.1, 0.15) is 0 Å². The molecule has 0 aliphatic carbocycles. The quantitative estimate of drug-likeness (QED) is 0.585. The fourth-order valence-electron chi connectivity index (χ4n) is 0.232. The molecule has 0 spiro atoms. The standard InChI is InChI=1S/C4H11NO2S/c1-3-4(2)8(5,6)7/h4H,3H2,1-2H3,(H2,5,6,7). The molecular formula is C4H11NO2S. The monoisotopic (exact) mass is 137 g/mol. The van der Waals surface area contributed by atoms with E-state index in [1.54, 1.807) is 13.8 Å². The summed E-state index contributed by atoms with van der Waals surface area (Å²) in [5, 5.41) is 4.36. The first-order valence-corrected chi connectivity index (χ1v) is 4.11. The van der Waals surface area contributed by atoms with Crippen molar-refractivity contribution in [3.63, 3.8) is 0 Å². The van der Waals surface area contributed by atoms with E-state index in [0.717, 1.165) is 0 Å². The first-order chi connectivity index (χ1) is 3.48. The second-order valence-electron chi connectivity index (χ2n) is 1.81. The summed E-state index contributed by atoms with van der Waals surface area (Å²) in [5.41, 5.74) is 0. The van der Waals surface area contributed by atoms with Crippen molar-refractivity contribution in [2.45, 2.75) is 25.5 Å². The van der Waals surface area contributed by atoms with Crippen LogP contribution in [0.15, 0.2) is 0 Å². The van der Waals surface area contributed by atoms with Crippen molar-refractivity contribution in [3.05, 3.63) is 0 Å². The average molecular weight is 137 g/mol. The van der Waals surface area contributed by atoms with Gasteiger partial charge in [-0.05, 0) is 13.3 Å². The minimum atomic E-state index is -3.25. The van der Waals surface area contributed by atoms with Crippen LogP contribution in [0.1, 0.15) is 20.3 Å². The van der Waals surface area contributed by atoms with Gasteiger partial charge in [-0.1, -0.05) is 6.92 Å². The summed E-state index contributed by atoms with van der Waals surface area (Å²) in [6, 6.07) is 0. The molecule has 0 aliphatic rings. The highest BCUT2D eigenvalue weighted by Crippen LogP contribution is 1.97. The highest BCUT2D eigenvalue weighted by molar-refractivity contribution is 7.89. The molecule has 1 unspecified atom stereocenters. The second-order valence-corrected chi connectivity index (χ2v) is 3.79. The number of rotatable bonds is 2. The zero-order valence-electron chi connectivity index (χ0n) is 5.09. The molecule has 0 aliphatic heterocycles. The summed E-state index contributed by atoms with van der Waals surface area (Å²) in [6.45, 7) is 3.38. The van der Waals surface area contributed by atoms with Crippen molar-refractivity contribution in [2.75, 3.05) is 0 Å². The maximum atomic E-state index is 10.3. The lowest BCUT2D eigenvalue weighted by Gasteiger charge is -2.01. The zero-order valence-corrected chi connectivity index (χ0v) is 5.90. The van der Waals surface area contributed by atoms with Crippen molar-refractivity contribution >= 4 is 10.0 Å². The maximum Gasteiger partial charge on any atom is 0.211 e. The predicted octanol–water partition coefficient (Wildman–Crippen LogP) is 0.0734. The second kappa shape index (κ2) is 2.46. The van der Waals surface area contributed by atoms with E-state index in [2.05, 4.69) is 0 Å². The molecular weight excluding hydrogens is 126 g/mol. The Hall–Kier alpha value is -0.0900. The Morgan fingerprint density at radius 1 is 1.62 bits per heavy atom. The lowest BCUT2D eigenvalue weighted by Crippen LogP contribution is -2.24. The van der Waals surface area contributed by atoms with E-state index in [4.69, 9.17) is 5.14 Å². The van der Waals surface area contributed by atoms with E-state index in [1.807, 2.05) is 0 Å². The molecule has 3 nitrogen and oxygen atoms in total. The lowest BCUT2D eigenvalue weighted by atomic mass is 10.4. The molecule has 0 rings (SSSR count). The summed E-state index contributed by atoms with van der Waals surface area (Å²) < 4.78 is 20.7. The summed E-state index contributed by atoms with van der Waals surface area (Å²) in [6.07, 6.45) is 0.582. The number of primary sulfonamides is 1. The van der Waals surface area contributed by atoms with Crippen molar-refractivity contribution in [1.82, 2.24) is 0 Å². The van der Waals surface area contributed by atoms with Crippen LogP contribution in [-0.2, 0) is 10.0 Å². The van der Waals surface area contributed by atoms with Gasteiger partial charge in [-0.2, -0.15) is 0 Å². The van der Waals surface area contributed by atoms with Crippen LogP contribution in [0.5, 0.6) is 0 Å². The van der Waals surface area contributed by atoms with Crippen molar-refractivity contribution < 1.29 is 8.42 Å². The molecule has 0 aromatic carbocycles. The van der Waals surface area contributed by atoms with E-state index < -0.39 is 15.3 Å². The van der Waals surface area contributed by atoms with Crippen LogP contribution in [0.25, 0.3) is 0 Å². The SMILES string of the molecule is CCC(C)S(N)(=O)=O. The van der Waals surface area contributed by atoms with E-state index in [9.17, 15) is 8.42 Å². The Morgan fingerprint density at radius 3 is 2.00 bits per heavy atom. The van der Waals surface area contributed by atoms with Crippen LogP contribution in [0.3, 0.4) is 0 Å².